The van der Waals surface area contributed by atoms with E-state index in [9.17, 15) is 4.79 Å². The maximum atomic E-state index is 12.0. The van der Waals surface area contributed by atoms with Crippen molar-refractivity contribution in [1.82, 2.24) is 14.9 Å². The molecular weight excluding hydrogens is 204 g/mol. The van der Waals surface area contributed by atoms with Crippen LogP contribution in [0.5, 0.6) is 0 Å². The Morgan fingerprint density at radius 1 is 1.38 bits per heavy atom. The third-order valence-corrected chi connectivity index (χ3v) is 2.77. The lowest BCUT2D eigenvalue weighted by Crippen LogP contribution is -2.38. The molecule has 0 aliphatic carbocycles. The molecule has 0 spiro atoms. The van der Waals surface area contributed by atoms with Crippen LogP contribution in [0.2, 0.25) is 0 Å². The average molecular weight is 216 g/mol. The van der Waals surface area contributed by atoms with Crippen molar-refractivity contribution < 1.29 is 4.79 Å². The van der Waals surface area contributed by atoms with E-state index < -0.39 is 0 Å². The summed E-state index contributed by atoms with van der Waals surface area (Å²) in [7, 11) is 0. The third-order valence-electron chi connectivity index (χ3n) is 2.77. The number of carbonyl (C=O) groups excluding carboxylic acids is 1. The number of amides is 1. The number of carbonyl (C=O) groups is 1. The van der Waals surface area contributed by atoms with Crippen LogP contribution in [0.15, 0.2) is 18.7 Å². The van der Waals surface area contributed by atoms with Gasteiger partial charge < -0.3 is 4.90 Å². The first kappa shape index (κ1) is 10.6. The van der Waals surface area contributed by atoms with Gasteiger partial charge in [0.05, 0.1) is 11.6 Å². The molecule has 2 heterocycles. The van der Waals surface area contributed by atoms with Gasteiger partial charge in [0.25, 0.3) is 5.91 Å². The van der Waals surface area contributed by atoms with E-state index in [4.69, 9.17) is 5.26 Å². The molecule has 1 aliphatic heterocycles. The number of hydrogen-bond donors (Lipinski definition) is 0. The van der Waals surface area contributed by atoms with Crippen LogP contribution < -0.4 is 0 Å². The van der Waals surface area contributed by atoms with Gasteiger partial charge in [-0.05, 0) is 12.8 Å². The van der Waals surface area contributed by atoms with E-state index in [0.717, 1.165) is 12.8 Å². The second-order valence-corrected chi connectivity index (χ2v) is 3.82. The third kappa shape index (κ3) is 2.16. The summed E-state index contributed by atoms with van der Waals surface area (Å²) < 4.78 is 0. The molecule has 5 heteroatoms. The van der Waals surface area contributed by atoms with Crippen molar-refractivity contribution in [2.24, 2.45) is 5.92 Å². The average Bonchev–Trinajstić information content (AvgIpc) is 2.39. The Morgan fingerprint density at radius 2 is 2.00 bits per heavy atom. The summed E-state index contributed by atoms with van der Waals surface area (Å²) in [6, 6.07) is 2.24. The Hall–Kier alpha value is -1.96. The lowest BCUT2D eigenvalue weighted by Gasteiger charge is -2.28. The van der Waals surface area contributed by atoms with Gasteiger partial charge in [0.1, 0.15) is 6.33 Å². The van der Waals surface area contributed by atoms with Gasteiger partial charge in [-0.3, -0.25) is 4.79 Å². The van der Waals surface area contributed by atoms with Crippen molar-refractivity contribution >= 4 is 5.91 Å². The molecule has 0 bridgehead atoms. The maximum absolute atomic E-state index is 12.0. The van der Waals surface area contributed by atoms with Crippen LogP contribution in [0, 0.1) is 17.2 Å². The van der Waals surface area contributed by atoms with E-state index in [0.29, 0.717) is 18.7 Å². The van der Waals surface area contributed by atoms with Gasteiger partial charge in [-0.15, -0.1) is 0 Å². The van der Waals surface area contributed by atoms with Gasteiger partial charge in [0.15, 0.2) is 0 Å². The molecule has 0 atom stereocenters. The first-order chi connectivity index (χ1) is 7.81. The van der Waals surface area contributed by atoms with E-state index in [-0.39, 0.29) is 11.8 Å². The summed E-state index contributed by atoms with van der Waals surface area (Å²) in [5, 5.41) is 8.76. The number of piperidine rings is 1. The predicted octanol–water partition coefficient (Wildman–Crippen LogP) is 0.852. The highest BCUT2D eigenvalue weighted by molar-refractivity contribution is 5.93. The summed E-state index contributed by atoms with van der Waals surface area (Å²) in [5.41, 5.74) is 0.512. The lowest BCUT2D eigenvalue weighted by molar-refractivity contribution is 0.0706. The molecule has 1 aromatic rings. The SMILES string of the molecule is N#CC1CCN(C(=O)c2cncnc2)CC1. The molecule has 1 aliphatic rings. The van der Waals surface area contributed by atoms with Crippen LogP contribution in [-0.2, 0) is 0 Å². The summed E-state index contributed by atoms with van der Waals surface area (Å²) >= 11 is 0. The minimum absolute atomic E-state index is 0.0445. The first-order valence-electron chi connectivity index (χ1n) is 5.25. The topological polar surface area (TPSA) is 69.9 Å². The summed E-state index contributed by atoms with van der Waals surface area (Å²) in [6.07, 6.45) is 5.96. The fraction of sp³-hybridized carbons (Fsp3) is 0.455. The van der Waals surface area contributed by atoms with Crippen molar-refractivity contribution in [3.63, 3.8) is 0 Å². The maximum Gasteiger partial charge on any atom is 0.256 e. The van der Waals surface area contributed by atoms with E-state index in [1.54, 1.807) is 4.90 Å². The van der Waals surface area contributed by atoms with Crippen LogP contribution >= 0.6 is 0 Å². The lowest BCUT2D eigenvalue weighted by atomic mass is 9.98. The Balaban J connectivity index is 2.00. The Kier molecular flexibility index (Phi) is 3.10. The first-order valence-corrected chi connectivity index (χ1v) is 5.25. The molecule has 0 N–H and O–H groups in total. The predicted molar refractivity (Wildman–Crippen MR) is 56.3 cm³/mol. The fourth-order valence-electron chi connectivity index (χ4n) is 1.80. The zero-order valence-corrected chi connectivity index (χ0v) is 8.83. The molecule has 0 saturated carbocycles. The highest BCUT2D eigenvalue weighted by Crippen LogP contribution is 2.17. The molecule has 1 aromatic heterocycles. The second-order valence-electron chi connectivity index (χ2n) is 3.82. The van der Waals surface area contributed by atoms with Gasteiger partial charge in [0, 0.05) is 31.4 Å². The molecule has 0 radical (unpaired) electrons. The molecule has 16 heavy (non-hydrogen) atoms. The van der Waals surface area contributed by atoms with Crippen LogP contribution in [-0.4, -0.2) is 33.9 Å². The van der Waals surface area contributed by atoms with Gasteiger partial charge in [0.2, 0.25) is 0 Å². The van der Waals surface area contributed by atoms with Gasteiger partial charge >= 0.3 is 0 Å². The van der Waals surface area contributed by atoms with E-state index in [2.05, 4.69) is 16.0 Å². The van der Waals surface area contributed by atoms with Crippen LogP contribution in [0.1, 0.15) is 23.2 Å². The normalized spacial score (nSPS) is 16.8. The molecule has 82 valence electrons. The minimum Gasteiger partial charge on any atom is -0.338 e. The van der Waals surface area contributed by atoms with Crippen LogP contribution in [0.3, 0.4) is 0 Å². The molecule has 1 fully saturated rings. The molecule has 1 amide bonds. The van der Waals surface area contributed by atoms with Crippen molar-refractivity contribution in [2.45, 2.75) is 12.8 Å². The molecule has 1 saturated heterocycles. The second kappa shape index (κ2) is 4.71. The van der Waals surface area contributed by atoms with Crippen molar-refractivity contribution in [1.29, 1.82) is 5.26 Å². The number of aromatic nitrogens is 2. The largest absolute Gasteiger partial charge is 0.338 e. The standard InChI is InChI=1S/C11H12N4O/c12-5-9-1-3-15(4-2-9)11(16)10-6-13-8-14-7-10/h6-9H,1-4H2. The summed E-state index contributed by atoms with van der Waals surface area (Å²) in [5.74, 6) is 0.0491. The van der Waals surface area contributed by atoms with Crippen molar-refractivity contribution in [3.05, 3.63) is 24.3 Å². The molecule has 0 aromatic carbocycles. The number of likely N-dealkylation sites (tertiary alicyclic amines) is 1. The smallest absolute Gasteiger partial charge is 0.256 e. The zero-order chi connectivity index (χ0) is 11.4. The Bertz CT molecular complexity index is 404. The summed E-state index contributed by atoms with van der Waals surface area (Å²) in [4.78, 5) is 21.4. The number of nitrogens with zero attached hydrogens (tertiary/aromatic N) is 4. The highest BCUT2D eigenvalue weighted by Gasteiger charge is 2.23. The number of hydrogen-bond acceptors (Lipinski definition) is 4. The van der Waals surface area contributed by atoms with Crippen molar-refractivity contribution in [3.8, 4) is 6.07 Å². The minimum atomic E-state index is -0.0445. The molecule has 2 rings (SSSR count). The molecule has 5 nitrogen and oxygen atoms in total. The molecule has 0 unspecified atom stereocenters. The van der Waals surface area contributed by atoms with E-state index >= 15 is 0 Å². The van der Waals surface area contributed by atoms with E-state index in [1.165, 1.54) is 18.7 Å². The number of rotatable bonds is 1. The van der Waals surface area contributed by atoms with Crippen molar-refractivity contribution in [2.75, 3.05) is 13.1 Å². The van der Waals surface area contributed by atoms with Gasteiger partial charge in [-0.25, -0.2) is 9.97 Å². The quantitative estimate of drug-likeness (QED) is 0.697. The summed E-state index contributed by atoms with van der Waals surface area (Å²) in [6.45, 7) is 1.29. The molecular formula is C11H12N4O. The van der Waals surface area contributed by atoms with Gasteiger partial charge in [-0.2, -0.15) is 5.26 Å². The van der Waals surface area contributed by atoms with Crippen LogP contribution in [0.4, 0.5) is 0 Å². The Morgan fingerprint density at radius 3 is 2.56 bits per heavy atom. The number of nitriles is 1. The van der Waals surface area contributed by atoms with E-state index in [1.807, 2.05) is 0 Å². The monoisotopic (exact) mass is 216 g/mol. The highest BCUT2D eigenvalue weighted by atomic mass is 16.2. The fourth-order valence-corrected chi connectivity index (χ4v) is 1.80. The Labute approximate surface area is 93.7 Å². The van der Waals surface area contributed by atoms with Crippen LogP contribution in [0.25, 0.3) is 0 Å². The zero-order valence-electron chi connectivity index (χ0n) is 8.83. The van der Waals surface area contributed by atoms with Gasteiger partial charge in [-0.1, -0.05) is 0 Å².